The SMILES string of the molecule is CCOC(=O)CC[C@H]1[C@H](C)CC[C@@H](c2ccoc2)N1C(=O)OCc1ccccc1. The van der Waals surface area contributed by atoms with Gasteiger partial charge in [-0.05, 0) is 43.7 Å². The monoisotopic (exact) mass is 399 g/mol. The molecule has 1 saturated heterocycles. The van der Waals surface area contributed by atoms with E-state index in [4.69, 9.17) is 13.9 Å². The van der Waals surface area contributed by atoms with Crippen LogP contribution >= 0.6 is 0 Å². The van der Waals surface area contributed by atoms with Crippen LogP contribution in [-0.2, 0) is 20.9 Å². The van der Waals surface area contributed by atoms with Crippen LogP contribution in [0.4, 0.5) is 4.79 Å². The smallest absolute Gasteiger partial charge is 0.410 e. The molecule has 0 radical (unpaired) electrons. The van der Waals surface area contributed by atoms with Crippen molar-refractivity contribution in [3.8, 4) is 0 Å². The van der Waals surface area contributed by atoms with E-state index in [1.165, 1.54) is 0 Å². The van der Waals surface area contributed by atoms with Crippen LogP contribution in [0.3, 0.4) is 0 Å². The quantitative estimate of drug-likeness (QED) is 0.606. The van der Waals surface area contributed by atoms with Gasteiger partial charge >= 0.3 is 12.1 Å². The van der Waals surface area contributed by atoms with Crippen molar-refractivity contribution in [3.63, 3.8) is 0 Å². The van der Waals surface area contributed by atoms with Crippen LogP contribution in [-0.4, -0.2) is 29.6 Å². The summed E-state index contributed by atoms with van der Waals surface area (Å²) in [6.07, 6.45) is 5.57. The van der Waals surface area contributed by atoms with E-state index in [9.17, 15) is 9.59 Å². The van der Waals surface area contributed by atoms with Gasteiger partial charge in [-0.2, -0.15) is 0 Å². The Morgan fingerprint density at radius 2 is 1.93 bits per heavy atom. The Morgan fingerprint density at radius 1 is 1.14 bits per heavy atom. The van der Waals surface area contributed by atoms with E-state index in [-0.39, 0.29) is 43.1 Å². The lowest BCUT2D eigenvalue weighted by Crippen LogP contribution is -2.49. The summed E-state index contributed by atoms with van der Waals surface area (Å²) in [6, 6.07) is 11.3. The highest BCUT2D eigenvalue weighted by atomic mass is 16.6. The van der Waals surface area contributed by atoms with Gasteiger partial charge in [0.1, 0.15) is 6.61 Å². The third kappa shape index (κ3) is 5.40. The number of esters is 1. The van der Waals surface area contributed by atoms with Crippen LogP contribution in [0.1, 0.15) is 56.7 Å². The van der Waals surface area contributed by atoms with Crippen LogP contribution < -0.4 is 0 Å². The van der Waals surface area contributed by atoms with Gasteiger partial charge in [0, 0.05) is 18.0 Å². The van der Waals surface area contributed by atoms with Gasteiger partial charge in [0.15, 0.2) is 0 Å². The molecular weight excluding hydrogens is 370 g/mol. The van der Waals surface area contributed by atoms with E-state index in [2.05, 4.69) is 6.92 Å². The van der Waals surface area contributed by atoms with Crippen molar-refractivity contribution < 1.29 is 23.5 Å². The van der Waals surface area contributed by atoms with E-state index in [1.807, 2.05) is 36.4 Å². The summed E-state index contributed by atoms with van der Waals surface area (Å²) in [5, 5.41) is 0. The van der Waals surface area contributed by atoms with E-state index in [0.29, 0.717) is 13.0 Å². The maximum Gasteiger partial charge on any atom is 0.410 e. The lowest BCUT2D eigenvalue weighted by atomic mass is 9.83. The zero-order chi connectivity index (χ0) is 20.6. The fourth-order valence-electron chi connectivity index (χ4n) is 4.03. The number of ether oxygens (including phenoxy) is 2. The van der Waals surface area contributed by atoms with Crippen molar-refractivity contribution in [3.05, 3.63) is 60.1 Å². The minimum absolute atomic E-state index is 0.101. The van der Waals surface area contributed by atoms with Gasteiger partial charge in [-0.25, -0.2) is 4.79 Å². The Kier molecular flexibility index (Phi) is 7.33. The first-order chi connectivity index (χ1) is 14.1. The zero-order valence-corrected chi connectivity index (χ0v) is 17.1. The van der Waals surface area contributed by atoms with E-state index in [0.717, 1.165) is 24.0 Å². The third-order valence-corrected chi connectivity index (χ3v) is 5.54. The van der Waals surface area contributed by atoms with Crippen molar-refractivity contribution in [2.45, 2.75) is 58.2 Å². The first-order valence-electron chi connectivity index (χ1n) is 10.3. The van der Waals surface area contributed by atoms with Gasteiger partial charge < -0.3 is 13.9 Å². The number of nitrogens with zero attached hydrogens (tertiary/aromatic N) is 1. The second-order valence-electron chi connectivity index (χ2n) is 7.49. The molecule has 1 aromatic carbocycles. The second-order valence-corrected chi connectivity index (χ2v) is 7.49. The molecule has 1 aromatic heterocycles. The minimum atomic E-state index is -0.361. The molecule has 6 nitrogen and oxygen atoms in total. The molecule has 0 bridgehead atoms. The average molecular weight is 399 g/mol. The number of furan rings is 1. The molecule has 3 atom stereocenters. The number of amides is 1. The molecule has 0 unspecified atom stereocenters. The van der Waals surface area contributed by atoms with Gasteiger partial charge in [0.25, 0.3) is 0 Å². The summed E-state index contributed by atoms with van der Waals surface area (Å²) >= 11 is 0. The predicted molar refractivity (Wildman–Crippen MR) is 108 cm³/mol. The molecule has 1 aliphatic heterocycles. The molecule has 1 aliphatic rings. The Hall–Kier alpha value is -2.76. The first-order valence-corrected chi connectivity index (χ1v) is 10.3. The van der Waals surface area contributed by atoms with Gasteiger partial charge in [0.05, 0.1) is 25.2 Å². The summed E-state index contributed by atoms with van der Waals surface area (Å²) in [4.78, 5) is 26.9. The van der Waals surface area contributed by atoms with Crippen LogP contribution in [0.15, 0.2) is 53.3 Å². The largest absolute Gasteiger partial charge is 0.472 e. The number of benzene rings is 1. The average Bonchev–Trinajstić information content (AvgIpc) is 3.26. The molecule has 0 spiro atoms. The topological polar surface area (TPSA) is 69.0 Å². The van der Waals surface area contributed by atoms with Crippen LogP contribution in [0.25, 0.3) is 0 Å². The predicted octanol–water partition coefficient (Wildman–Crippen LogP) is 5.10. The van der Waals surface area contributed by atoms with Crippen LogP contribution in [0.2, 0.25) is 0 Å². The number of carbonyl (C=O) groups is 2. The molecule has 1 fully saturated rings. The normalized spacial score (nSPS) is 21.6. The van der Waals surface area contributed by atoms with E-state index in [1.54, 1.807) is 24.3 Å². The molecule has 2 heterocycles. The van der Waals surface area contributed by atoms with Gasteiger partial charge in [0.2, 0.25) is 0 Å². The second kappa shape index (κ2) is 10.1. The minimum Gasteiger partial charge on any atom is -0.472 e. The molecule has 2 aromatic rings. The highest BCUT2D eigenvalue weighted by molar-refractivity contribution is 5.71. The van der Waals surface area contributed by atoms with E-state index >= 15 is 0 Å². The molecule has 6 heteroatoms. The Balaban J connectivity index is 1.77. The summed E-state index contributed by atoms with van der Waals surface area (Å²) in [6.45, 7) is 4.50. The summed E-state index contributed by atoms with van der Waals surface area (Å²) in [5.41, 5.74) is 1.89. The molecular formula is C23H29NO5. The van der Waals surface area contributed by atoms with Crippen LogP contribution in [0, 0.1) is 5.92 Å². The van der Waals surface area contributed by atoms with E-state index < -0.39 is 0 Å². The van der Waals surface area contributed by atoms with Crippen molar-refractivity contribution >= 4 is 12.1 Å². The molecule has 156 valence electrons. The molecule has 0 N–H and O–H groups in total. The molecule has 1 amide bonds. The highest BCUT2D eigenvalue weighted by Gasteiger charge is 2.40. The molecule has 3 rings (SSSR count). The van der Waals surface area contributed by atoms with Crippen LogP contribution in [0.5, 0.6) is 0 Å². The van der Waals surface area contributed by atoms with Gasteiger partial charge in [-0.3, -0.25) is 9.69 Å². The lowest BCUT2D eigenvalue weighted by Gasteiger charge is -2.44. The van der Waals surface area contributed by atoms with Crippen molar-refractivity contribution in [2.75, 3.05) is 6.61 Å². The van der Waals surface area contributed by atoms with Crippen molar-refractivity contribution in [2.24, 2.45) is 5.92 Å². The number of carbonyl (C=O) groups excluding carboxylic acids is 2. The maximum absolute atomic E-state index is 13.2. The van der Waals surface area contributed by atoms with Gasteiger partial charge in [-0.15, -0.1) is 0 Å². The molecule has 0 aliphatic carbocycles. The van der Waals surface area contributed by atoms with Gasteiger partial charge in [-0.1, -0.05) is 37.3 Å². The zero-order valence-electron chi connectivity index (χ0n) is 17.1. The fourth-order valence-corrected chi connectivity index (χ4v) is 4.03. The fraction of sp³-hybridized carbons (Fsp3) is 0.478. The Morgan fingerprint density at radius 3 is 2.62 bits per heavy atom. The van der Waals surface area contributed by atoms with Crippen molar-refractivity contribution in [1.29, 1.82) is 0 Å². The maximum atomic E-state index is 13.2. The number of piperidine rings is 1. The number of likely N-dealkylation sites (tertiary alicyclic amines) is 1. The third-order valence-electron chi connectivity index (χ3n) is 5.54. The first kappa shape index (κ1) is 21.0. The molecule has 29 heavy (non-hydrogen) atoms. The summed E-state index contributed by atoms with van der Waals surface area (Å²) in [5.74, 6) is 0.0274. The molecule has 0 saturated carbocycles. The summed E-state index contributed by atoms with van der Waals surface area (Å²) in [7, 11) is 0. The number of rotatable bonds is 7. The lowest BCUT2D eigenvalue weighted by molar-refractivity contribution is -0.143. The standard InChI is InChI=1S/C23H29NO5/c1-3-28-22(25)12-11-20-17(2)9-10-21(19-13-14-27-16-19)24(20)23(26)29-15-18-7-5-4-6-8-18/h4-8,13-14,16-17,20-21H,3,9-12,15H2,1-2H3/t17-,20+,21+/m1/s1. The highest BCUT2D eigenvalue weighted by Crippen LogP contribution is 2.39. The van der Waals surface area contributed by atoms with Crippen molar-refractivity contribution in [1.82, 2.24) is 4.90 Å². The number of hydrogen-bond donors (Lipinski definition) is 0. The Bertz CT molecular complexity index is 774. The number of hydrogen-bond acceptors (Lipinski definition) is 5. The summed E-state index contributed by atoms with van der Waals surface area (Å²) < 4.78 is 16.0. The Labute approximate surface area is 171 Å².